The van der Waals surface area contributed by atoms with Crippen molar-refractivity contribution in [3.63, 3.8) is 0 Å². The second-order valence-corrected chi connectivity index (χ2v) is 6.16. The van der Waals surface area contributed by atoms with Crippen LogP contribution >= 0.6 is 0 Å². The summed E-state index contributed by atoms with van der Waals surface area (Å²) in [6, 6.07) is 6.83. The second-order valence-electron chi connectivity index (χ2n) is 6.16. The standard InChI is InChI=1S/C20H34N4O4/c1-5-23(6-2)12-14-27-19(25)21-17-10-9-11-18(16-17)22-20(26)28-15-13-24(7-3)8-4/h9-11,16H,5-8,12-15H2,1-4H3,(H,21,25)(H,22,26). The van der Waals surface area contributed by atoms with Crippen LogP contribution in [0.1, 0.15) is 27.7 Å². The predicted molar refractivity (Wildman–Crippen MR) is 112 cm³/mol. The zero-order valence-electron chi connectivity index (χ0n) is 17.5. The summed E-state index contributed by atoms with van der Waals surface area (Å²) >= 11 is 0. The fourth-order valence-corrected chi connectivity index (χ4v) is 2.60. The van der Waals surface area contributed by atoms with Crippen molar-refractivity contribution in [2.75, 3.05) is 63.1 Å². The zero-order chi connectivity index (χ0) is 20.8. The molecule has 0 saturated heterocycles. The highest BCUT2D eigenvalue weighted by Gasteiger charge is 2.08. The van der Waals surface area contributed by atoms with Gasteiger partial charge in [-0.2, -0.15) is 0 Å². The highest BCUT2D eigenvalue weighted by atomic mass is 16.6. The van der Waals surface area contributed by atoms with Gasteiger partial charge in [0.2, 0.25) is 0 Å². The van der Waals surface area contributed by atoms with Gasteiger partial charge in [0, 0.05) is 24.5 Å². The van der Waals surface area contributed by atoms with Crippen LogP contribution in [0.3, 0.4) is 0 Å². The van der Waals surface area contributed by atoms with E-state index in [1.807, 2.05) is 0 Å². The molecule has 1 aromatic carbocycles. The fraction of sp³-hybridized carbons (Fsp3) is 0.600. The molecule has 0 fully saturated rings. The van der Waals surface area contributed by atoms with E-state index in [0.717, 1.165) is 26.2 Å². The molecule has 2 N–H and O–H groups in total. The maximum Gasteiger partial charge on any atom is 0.411 e. The molecule has 0 atom stereocenters. The van der Waals surface area contributed by atoms with E-state index in [0.29, 0.717) is 37.7 Å². The van der Waals surface area contributed by atoms with Crippen molar-refractivity contribution in [3.8, 4) is 0 Å². The Bertz CT molecular complexity index is 542. The molecule has 0 heterocycles. The summed E-state index contributed by atoms with van der Waals surface area (Å²) in [5.41, 5.74) is 1.07. The smallest absolute Gasteiger partial charge is 0.411 e. The van der Waals surface area contributed by atoms with E-state index < -0.39 is 12.2 Å². The van der Waals surface area contributed by atoms with Crippen LogP contribution in [0, 0.1) is 0 Å². The summed E-state index contributed by atoms with van der Waals surface area (Å²) in [5.74, 6) is 0. The third kappa shape index (κ3) is 9.57. The topological polar surface area (TPSA) is 83.1 Å². The number of carbonyl (C=O) groups excluding carboxylic acids is 2. The molecule has 0 aliphatic rings. The van der Waals surface area contributed by atoms with E-state index in [1.54, 1.807) is 24.3 Å². The molecule has 8 heteroatoms. The molecular weight excluding hydrogens is 360 g/mol. The normalized spacial score (nSPS) is 10.8. The molecule has 0 saturated carbocycles. The van der Waals surface area contributed by atoms with Gasteiger partial charge in [0.15, 0.2) is 0 Å². The van der Waals surface area contributed by atoms with Crippen molar-refractivity contribution in [3.05, 3.63) is 24.3 Å². The van der Waals surface area contributed by atoms with Crippen LogP contribution in [0.15, 0.2) is 24.3 Å². The van der Waals surface area contributed by atoms with Gasteiger partial charge >= 0.3 is 12.2 Å². The van der Waals surface area contributed by atoms with Gasteiger partial charge in [0.25, 0.3) is 0 Å². The average Bonchev–Trinajstić information content (AvgIpc) is 2.69. The summed E-state index contributed by atoms with van der Waals surface area (Å²) < 4.78 is 10.4. The number of carbonyl (C=O) groups is 2. The molecule has 0 aromatic heterocycles. The van der Waals surface area contributed by atoms with Gasteiger partial charge in [-0.3, -0.25) is 10.6 Å². The molecule has 158 valence electrons. The Labute approximate surface area is 168 Å². The second kappa shape index (κ2) is 13.8. The quantitative estimate of drug-likeness (QED) is 0.565. The lowest BCUT2D eigenvalue weighted by Crippen LogP contribution is -2.29. The molecule has 1 rings (SSSR count). The third-order valence-electron chi connectivity index (χ3n) is 4.43. The van der Waals surface area contributed by atoms with E-state index in [-0.39, 0.29) is 0 Å². The van der Waals surface area contributed by atoms with Gasteiger partial charge < -0.3 is 19.3 Å². The number of benzene rings is 1. The number of nitrogens with one attached hydrogen (secondary N) is 2. The van der Waals surface area contributed by atoms with Crippen molar-refractivity contribution >= 4 is 23.6 Å². The molecule has 0 aliphatic carbocycles. The number of likely N-dealkylation sites (N-methyl/N-ethyl adjacent to an activating group) is 2. The van der Waals surface area contributed by atoms with Crippen molar-refractivity contribution in [1.29, 1.82) is 0 Å². The first-order chi connectivity index (χ1) is 13.5. The Morgan fingerprint density at radius 3 is 1.54 bits per heavy atom. The van der Waals surface area contributed by atoms with Gasteiger partial charge in [-0.05, 0) is 44.4 Å². The first-order valence-electron chi connectivity index (χ1n) is 9.94. The van der Waals surface area contributed by atoms with Crippen LogP contribution in [0.25, 0.3) is 0 Å². The van der Waals surface area contributed by atoms with E-state index in [9.17, 15) is 9.59 Å². The van der Waals surface area contributed by atoms with Crippen LogP contribution in [0.4, 0.5) is 21.0 Å². The van der Waals surface area contributed by atoms with Crippen molar-refractivity contribution in [2.45, 2.75) is 27.7 Å². The Morgan fingerprint density at radius 1 is 0.786 bits per heavy atom. The average molecular weight is 395 g/mol. The number of hydrogen-bond acceptors (Lipinski definition) is 6. The Kier molecular flexibility index (Phi) is 11.7. The van der Waals surface area contributed by atoms with Gasteiger partial charge in [0.05, 0.1) is 0 Å². The highest BCUT2D eigenvalue weighted by molar-refractivity contribution is 5.88. The van der Waals surface area contributed by atoms with Crippen LogP contribution in [0.2, 0.25) is 0 Å². The molecule has 1 aromatic rings. The third-order valence-corrected chi connectivity index (χ3v) is 4.43. The number of anilines is 2. The molecule has 8 nitrogen and oxygen atoms in total. The van der Waals surface area contributed by atoms with Gasteiger partial charge in [-0.15, -0.1) is 0 Å². The van der Waals surface area contributed by atoms with Crippen LogP contribution in [0.5, 0.6) is 0 Å². The Morgan fingerprint density at radius 2 is 1.18 bits per heavy atom. The largest absolute Gasteiger partial charge is 0.448 e. The Hall–Kier alpha value is -2.32. The van der Waals surface area contributed by atoms with E-state index >= 15 is 0 Å². The molecule has 28 heavy (non-hydrogen) atoms. The van der Waals surface area contributed by atoms with Crippen molar-refractivity contribution in [1.82, 2.24) is 9.80 Å². The van der Waals surface area contributed by atoms with Gasteiger partial charge in [-0.1, -0.05) is 33.8 Å². The van der Waals surface area contributed by atoms with E-state index in [2.05, 4.69) is 48.1 Å². The zero-order valence-corrected chi connectivity index (χ0v) is 17.5. The summed E-state index contributed by atoms with van der Waals surface area (Å²) in [4.78, 5) is 28.1. The first-order valence-corrected chi connectivity index (χ1v) is 9.94. The SMILES string of the molecule is CCN(CC)CCOC(=O)Nc1cccc(NC(=O)OCCN(CC)CC)c1. The lowest BCUT2D eigenvalue weighted by molar-refractivity contribution is 0.142. The molecule has 2 amide bonds. The van der Waals surface area contributed by atoms with Crippen molar-refractivity contribution < 1.29 is 19.1 Å². The molecule has 0 unspecified atom stereocenters. The van der Waals surface area contributed by atoms with E-state index in [1.165, 1.54) is 0 Å². The minimum absolute atomic E-state index is 0.324. The number of rotatable bonds is 12. The summed E-state index contributed by atoms with van der Waals surface area (Å²) in [6.07, 6.45) is -1.04. The predicted octanol–water partition coefficient (Wildman–Crippen LogP) is 3.47. The first kappa shape index (κ1) is 23.7. The Balaban J connectivity index is 2.40. The number of amides is 2. The van der Waals surface area contributed by atoms with Gasteiger partial charge in [-0.25, -0.2) is 9.59 Å². The van der Waals surface area contributed by atoms with Crippen LogP contribution < -0.4 is 10.6 Å². The minimum atomic E-state index is -0.522. The molecule has 0 radical (unpaired) electrons. The minimum Gasteiger partial charge on any atom is -0.448 e. The monoisotopic (exact) mass is 394 g/mol. The molecule has 0 spiro atoms. The number of ether oxygens (including phenoxy) is 2. The van der Waals surface area contributed by atoms with Crippen LogP contribution in [-0.4, -0.2) is 74.5 Å². The maximum absolute atomic E-state index is 11.9. The number of hydrogen-bond donors (Lipinski definition) is 2. The van der Waals surface area contributed by atoms with Gasteiger partial charge in [0.1, 0.15) is 13.2 Å². The summed E-state index contributed by atoms with van der Waals surface area (Å²) in [7, 11) is 0. The lowest BCUT2D eigenvalue weighted by Gasteiger charge is -2.18. The number of nitrogens with zero attached hydrogens (tertiary/aromatic N) is 2. The summed E-state index contributed by atoms with van der Waals surface area (Å²) in [5, 5.41) is 5.32. The maximum atomic E-state index is 11.9. The molecular formula is C20H34N4O4. The van der Waals surface area contributed by atoms with Crippen LogP contribution in [-0.2, 0) is 9.47 Å². The summed E-state index contributed by atoms with van der Waals surface area (Å²) in [6.45, 7) is 14.0. The van der Waals surface area contributed by atoms with E-state index in [4.69, 9.17) is 9.47 Å². The molecule has 0 bridgehead atoms. The lowest BCUT2D eigenvalue weighted by atomic mass is 10.3. The molecule has 0 aliphatic heterocycles. The van der Waals surface area contributed by atoms with Crippen molar-refractivity contribution in [2.24, 2.45) is 0 Å². The highest BCUT2D eigenvalue weighted by Crippen LogP contribution is 2.15. The fourth-order valence-electron chi connectivity index (χ4n) is 2.60.